The second-order valence-electron chi connectivity index (χ2n) is 4.45. The Kier molecular flexibility index (Phi) is 5.70. The summed E-state index contributed by atoms with van der Waals surface area (Å²) in [7, 11) is 0. The molecule has 0 spiro atoms. The molecule has 0 fully saturated rings. The molecule has 0 aliphatic rings. The number of amides is 1. The van der Waals surface area contributed by atoms with Crippen LogP contribution in [0.2, 0.25) is 0 Å². The van der Waals surface area contributed by atoms with E-state index in [1.165, 1.54) is 11.1 Å². The first-order chi connectivity index (χ1) is 8.13. The van der Waals surface area contributed by atoms with Gasteiger partial charge in [0.2, 0.25) is 5.91 Å². The summed E-state index contributed by atoms with van der Waals surface area (Å²) in [5.74, 6) is 0.0933. The Balaban J connectivity index is 2.42. The summed E-state index contributed by atoms with van der Waals surface area (Å²) in [6.45, 7) is 5.49. The van der Waals surface area contributed by atoms with Crippen LogP contribution in [-0.2, 0) is 11.2 Å². The van der Waals surface area contributed by atoms with Crippen LogP contribution < -0.4 is 11.1 Å². The Labute approximate surface area is 103 Å². The predicted molar refractivity (Wildman–Crippen MR) is 70.9 cm³/mol. The van der Waals surface area contributed by atoms with Crippen LogP contribution in [-0.4, -0.2) is 19.0 Å². The third-order valence-electron chi connectivity index (χ3n) is 2.81. The van der Waals surface area contributed by atoms with Crippen LogP contribution in [0.3, 0.4) is 0 Å². The Morgan fingerprint density at radius 2 is 2.06 bits per heavy atom. The molecular formula is C14H22N2O. The summed E-state index contributed by atoms with van der Waals surface area (Å²) in [6.07, 6.45) is 2.38. The van der Waals surface area contributed by atoms with Crippen molar-refractivity contribution in [2.24, 2.45) is 5.73 Å². The van der Waals surface area contributed by atoms with Gasteiger partial charge in [-0.1, -0.05) is 23.8 Å². The van der Waals surface area contributed by atoms with Gasteiger partial charge in [0.05, 0.1) is 6.42 Å². The molecule has 0 atom stereocenters. The van der Waals surface area contributed by atoms with Crippen LogP contribution in [0, 0.1) is 13.8 Å². The molecule has 0 bridgehead atoms. The van der Waals surface area contributed by atoms with E-state index in [0.717, 1.165) is 24.9 Å². The Morgan fingerprint density at radius 1 is 1.29 bits per heavy atom. The van der Waals surface area contributed by atoms with Gasteiger partial charge in [-0.2, -0.15) is 0 Å². The van der Waals surface area contributed by atoms with Crippen molar-refractivity contribution in [2.45, 2.75) is 33.1 Å². The van der Waals surface area contributed by atoms with Crippen LogP contribution in [0.4, 0.5) is 0 Å². The van der Waals surface area contributed by atoms with Gasteiger partial charge in [0.25, 0.3) is 0 Å². The number of nitrogens with one attached hydrogen (secondary N) is 1. The van der Waals surface area contributed by atoms with Gasteiger partial charge in [-0.25, -0.2) is 0 Å². The molecule has 1 amide bonds. The lowest BCUT2D eigenvalue weighted by atomic mass is 10.0. The lowest BCUT2D eigenvalue weighted by molar-refractivity contribution is -0.120. The SMILES string of the molecule is Cc1ccc(C)c(CC(=O)NCCCCN)c1. The van der Waals surface area contributed by atoms with Gasteiger partial charge < -0.3 is 11.1 Å². The zero-order chi connectivity index (χ0) is 12.7. The largest absolute Gasteiger partial charge is 0.356 e. The highest BCUT2D eigenvalue weighted by atomic mass is 16.1. The molecule has 1 aromatic rings. The van der Waals surface area contributed by atoms with Crippen molar-refractivity contribution in [3.8, 4) is 0 Å². The third kappa shape index (κ3) is 5.00. The fraction of sp³-hybridized carbons (Fsp3) is 0.500. The monoisotopic (exact) mass is 234 g/mol. The molecule has 0 radical (unpaired) electrons. The topological polar surface area (TPSA) is 55.1 Å². The number of benzene rings is 1. The molecule has 1 rings (SSSR count). The van der Waals surface area contributed by atoms with Gasteiger partial charge in [-0.3, -0.25) is 4.79 Å². The van der Waals surface area contributed by atoms with E-state index in [-0.39, 0.29) is 5.91 Å². The summed E-state index contributed by atoms with van der Waals surface area (Å²) in [4.78, 5) is 11.7. The first-order valence-electron chi connectivity index (χ1n) is 6.16. The van der Waals surface area contributed by atoms with E-state index in [1.807, 2.05) is 13.8 Å². The normalized spacial score (nSPS) is 10.3. The van der Waals surface area contributed by atoms with Crippen LogP contribution in [0.15, 0.2) is 18.2 Å². The molecule has 0 aromatic heterocycles. The van der Waals surface area contributed by atoms with Crippen molar-refractivity contribution in [1.29, 1.82) is 0 Å². The zero-order valence-corrected chi connectivity index (χ0v) is 10.8. The maximum absolute atomic E-state index is 11.7. The maximum atomic E-state index is 11.7. The molecule has 1 aromatic carbocycles. The Morgan fingerprint density at radius 3 is 2.76 bits per heavy atom. The Hall–Kier alpha value is -1.35. The Bertz CT molecular complexity index is 374. The molecular weight excluding hydrogens is 212 g/mol. The van der Waals surface area contributed by atoms with E-state index >= 15 is 0 Å². The number of hydrogen-bond donors (Lipinski definition) is 2. The van der Waals surface area contributed by atoms with Crippen molar-refractivity contribution >= 4 is 5.91 Å². The first-order valence-corrected chi connectivity index (χ1v) is 6.16. The maximum Gasteiger partial charge on any atom is 0.224 e. The van der Waals surface area contributed by atoms with Crippen LogP contribution in [0.1, 0.15) is 29.5 Å². The molecule has 0 saturated carbocycles. The number of rotatable bonds is 6. The smallest absolute Gasteiger partial charge is 0.224 e. The van der Waals surface area contributed by atoms with Gasteiger partial charge in [0.1, 0.15) is 0 Å². The second kappa shape index (κ2) is 7.07. The zero-order valence-electron chi connectivity index (χ0n) is 10.8. The van der Waals surface area contributed by atoms with Crippen molar-refractivity contribution in [3.05, 3.63) is 34.9 Å². The summed E-state index contributed by atoms with van der Waals surface area (Å²) in [5, 5.41) is 2.92. The molecule has 0 saturated heterocycles. The number of unbranched alkanes of at least 4 members (excludes halogenated alkanes) is 1. The average Bonchev–Trinajstić information content (AvgIpc) is 2.29. The number of carbonyl (C=O) groups is 1. The summed E-state index contributed by atoms with van der Waals surface area (Å²) in [6, 6.07) is 6.21. The molecule has 3 heteroatoms. The number of hydrogen-bond acceptors (Lipinski definition) is 2. The highest BCUT2D eigenvalue weighted by Gasteiger charge is 2.05. The molecule has 0 unspecified atom stereocenters. The quantitative estimate of drug-likeness (QED) is 0.736. The molecule has 94 valence electrons. The predicted octanol–water partition coefficient (Wildman–Crippen LogP) is 1.70. The molecule has 0 aliphatic carbocycles. The summed E-state index contributed by atoms with van der Waals surface area (Å²) >= 11 is 0. The van der Waals surface area contributed by atoms with Gasteiger partial charge in [0, 0.05) is 6.54 Å². The highest BCUT2D eigenvalue weighted by Crippen LogP contribution is 2.11. The van der Waals surface area contributed by atoms with E-state index in [4.69, 9.17) is 5.73 Å². The van der Waals surface area contributed by atoms with Gasteiger partial charge in [-0.15, -0.1) is 0 Å². The minimum atomic E-state index is 0.0933. The van der Waals surface area contributed by atoms with Crippen molar-refractivity contribution < 1.29 is 4.79 Å². The lowest BCUT2D eigenvalue weighted by Crippen LogP contribution is -2.26. The third-order valence-corrected chi connectivity index (χ3v) is 2.81. The van der Waals surface area contributed by atoms with E-state index in [1.54, 1.807) is 0 Å². The molecule has 0 aliphatic heterocycles. The van der Waals surface area contributed by atoms with Gasteiger partial charge >= 0.3 is 0 Å². The highest BCUT2D eigenvalue weighted by molar-refractivity contribution is 5.78. The van der Waals surface area contributed by atoms with Gasteiger partial charge in [0.15, 0.2) is 0 Å². The van der Waals surface area contributed by atoms with E-state index < -0.39 is 0 Å². The molecule has 3 N–H and O–H groups in total. The molecule has 3 nitrogen and oxygen atoms in total. The van der Waals surface area contributed by atoms with E-state index in [0.29, 0.717) is 13.0 Å². The van der Waals surface area contributed by atoms with Crippen LogP contribution in [0.5, 0.6) is 0 Å². The van der Waals surface area contributed by atoms with Crippen molar-refractivity contribution in [2.75, 3.05) is 13.1 Å². The van der Waals surface area contributed by atoms with Crippen LogP contribution >= 0.6 is 0 Å². The fourth-order valence-electron chi connectivity index (χ4n) is 1.72. The standard InChI is InChI=1S/C14H22N2O/c1-11-5-6-12(2)13(9-11)10-14(17)16-8-4-3-7-15/h5-6,9H,3-4,7-8,10,15H2,1-2H3,(H,16,17). The first kappa shape index (κ1) is 13.7. The summed E-state index contributed by atoms with van der Waals surface area (Å²) in [5.41, 5.74) is 8.87. The molecule has 0 heterocycles. The fourth-order valence-corrected chi connectivity index (χ4v) is 1.72. The molecule has 17 heavy (non-hydrogen) atoms. The second-order valence-corrected chi connectivity index (χ2v) is 4.45. The van der Waals surface area contributed by atoms with Gasteiger partial charge in [-0.05, 0) is 44.4 Å². The lowest BCUT2D eigenvalue weighted by Gasteiger charge is -2.08. The number of carbonyl (C=O) groups excluding carboxylic acids is 1. The average molecular weight is 234 g/mol. The number of nitrogens with two attached hydrogens (primary N) is 1. The number of aryl methyl sites for hydroxylation is 2. The summed E-state index contributed by atoms with van der Waals surface area (Å²) < 4.78 is 0. The van der Waals surface area contributed by atoms with Crippen molar-refractivity contribution in [3.63, 3.8) is 0 Å². The minimum Gasteiger partial charge on any atom is -0.356 e. The van der Waals surface area contributed by atoms with Crippen LogP contribution in [0.25, 0.3) is 0 Å². The minimum absolute atomic E-state index is 0.0933. The van der Waals surface area contributed by atoms with E-state index in [9.17, 15) is 4.79 Å². The van der Waals surface area contributed by atoms with E-state index in [2.05, 4.69) is 23.5 Å². The van der Waals surface area contributed by atoms with Crippen molar-refractivity contribution in [1.82, 2.24) is 5.32 Å².